The lowest BCUT2D eigenvalue weighted by Crippen LogP contribution is -2.13. The van der Waals surface area contributed by atoms with Crippen LogP contribution in [0.2, 0.25) is 0 Å². The summed E-state index contributed by atoms with van der Waals surface area (Å²) in [7, 11) is 0. The highest BCUT2D eigenvalue weighted by molar-refractivity contribution is 7.09. The van der Waals surface area contributed by atoms with Crippen LogP contribution in [0.15, 0.2) is 41.8 Å². The van der Waals surface area contributed by atoms with Crippen LogP contribution in [0.25, 0.3) is 0 Å². The maximum Gasteiger partial charge on any atom is 0.0301 e. The van der Waals surface area contributed by atoms with Crippen molar-refractivity contribution in [1.82, 2.24) is 0 Å². The van der Waals surface area contributed by atoms with Crippen molar-refractivity contribution in [3.8, 4) is 0 Å². The van der Waals surface area contributed by atoms with Crippen LogP contribution in [0, 0.1) is 0 Å². The first kappa shape index (κ1) is 12.3. The molecule has 0 spiro atoms. The monoisotopic (exact) mass is 245 g/mol. The highest BCUT2D eigenvalue weighted by Crippen LogP contribution is 2.22. The maximum atomic E-state index is 6.29. The van der Waals surface area contributed by atoms with Gasteiger partial charge in [0.15, 0.2) is 0 Å². The predicted molar refractivity (Wildman–Crippen MR) is 75.4 cm³/mol. The van der Waals surface area contributed by atoms with Crippen LogP contribution in [0.5, 0.6) is 0 Å². The van der Waals surface area contributed by atoms with Gasteiger partial charge in [-0.25, -0.2) is 0 Å². The topological polar surface area (TPSA) is 26.0 Å². The molecule has 2 heteroatoms. The van der Waals surface area contributed by atoms with Gasteiger partial charge in [-0.1, -0.05) is 37.3 Å². The zero-order valence-electron chi connectivity index (χ0n) is 10.2. The molecular formula is C15H19NS. The van der Waals surface area contributed by atoms with E-state index < -0.39 is 0 Å². The molecule has 2 N–H and O–H groups in total. The SMILES string of the molecule is CCc1ccccc1C(N)CCc1cccs1. The van der Waals surface area contributed by atoms with Crippen molar-refractivity contribution in [2.24, 2.45) is 5.73 Å². The summed E-state index contributed by atoms with van der Waals surface area (Å²) in [5, 5.41) is 2.13. The fourth-order valence-electron chi connectivity index (χ4n) is 2.13. The first-order valence-electron chi connectivity index (χ1n) is 6.17. The summed E-state index contributed by atoms with van der Waals surface area (Å²) in [6, 6.07) is 13.0. The Morgan fingerprint density at radius 2 is 2.00 bits per heavy atom. The summed E-state index contributed by atoms with van der Waals surface area (Å²) in [5.41, 5.74) is 8.98. The van der Waals surface area contributed by atoms with Gasteiger partial charge in [0.25, 0.3) is 0 Å². The van der Waals surface area contributed by atoms with E-state index >= 15 is 0 Å². The molecule has 0 bridgehead atoms. The number of rotatable bonds is 5. The second-order valence-electron chi connectivity index (χ2n) is 4.28. The smallest absolute Gasteiger partial charge is 0.0301 e. The molecule has 1 atom stereocenters. The Labute approximate surface area is 107 Å². The van der Waals surface area contributed by atoms with Crippen LogP contribution in [-0.2, 0) is 12.8 Å². The molecule has 0 amide bonds. The number of hydrogen-bond donors (Lipinski definition) is 1. The third-order valence-electron chi connectivity index (χ3n) is 3.12. The zero-order valence-corrected chi connectivity index (χ0v) is 11.0. The molecule has 17 heavy (non-hydrogen) atoms. The van der Waals surface area contributed by atoms with E-state index in [4.69, 9.17) is 5.73 Å². The normalized spacial score (nSPS) is 12.6. The van der Waals surface area contributed by atoms with Crippen molar-refractivity contribution >= 4 is 11.3 Å². The molecule has 0 aliphatic rings. The molecule has 1 aromatic carbocycles. The first-order valence-corrected chi connectivity index (χ1v) is 7.05. The van der Waals surface area contributed by atoms with E-state index in [1.807, 2.05) is 11.3 Å². The molecule has 0 fully saturated rings. The van der Waals surface area contributed by atoms with Crippen LogP contribution in [0.4, 0.5) is 0 Å². The molecule has 1 nitrogen and oxygen atoms in total. The quantitative estimate of drug-likeness (QED) is 0.848. The van der Waals surface area contributed by atoms with Gasteiger partial charge in [0.05, 0.1) is 0 Å². The Morgan fingerprint density at radius 1 is 1.18 bits per heavy atom. The lowest BCUT2D eigenvalue weighted by atomic mass is 9.96. The second kappa shape index (κ2) is 5.99. The fourth-order valence-corrected chi connectivity index (χ4v) is 2.85. The van der Waals surface area contributed by atoms with Crippen molar-refractivity contribution < 1.29 is 0 Å². The minimum atomic E-state index is 0.160. The molecule has 0 aliphatic heterocycles. The molecule has 90 valence electrons. The molecule has 0 aliphatic carbocycles. The van der Waals surface area contributed by atoms with E-state index in [1.54, 1.807) is 0 Å². The van der Waals surface area contributed by atoms with E-state index in [0.717, 1.165) is 19.3 Å². The van der Waals surface area contributed by atoms with Gasteiger partial charge < -0.3 is 5.73 Å². The summed E-state index contributed by atoms with van der Waals surface area (Å²) in [5.74, 6) is 0. The Balaban J connectivity index is 2.01. The summed E-state index contributed by atoms with van der Waals surface area (Å²) in [6.07, 6.45) is 3.16. The Kier molecular flexibility index (Phi) is 4.35. The first-order chi connectivity index (χ1) is 8.31. The average Bonchev–Trinajstić information content (AvgIpc) is 2.89. The second-order valence-corrected chi connectivity index (χ2v) is 5.31. The highest BCUT2D eigenvalue weighted by atomic mass is 32.1. The van der Waals surface area contributed by atoms with Gasteiger partial charge in [-0.05, 0) is 41.8 Å². The molecule has 0 saturated heterocycles. The van der Waals surface area contributed by atoms with Crippen molar-refractivity contribution in [2.45, 2.75) is 32.2 Å². The number of aryl methyl sites for hydroxylation is 2. The Bertz CT molecular complexity index is 448. The van der Waals surface area contributed by atoms with E-state index in [1.165, 1.54) is 16.0 Å². The van der Waals surface area contributed by atoms with Gasteiger partial charge in [-0.2, -0.15) is 0 Å². The third-order valence-corrected chi connectivity index (χ3v) is 4.05. The predicted octanol–water partition coefficient (Wildman–Crippen LogP) is 3.94. The van der Waals surface area contributed by atoms with Crippen molar-refractivity contribution in [3.05, 3.63) is 57.8 Å². The third kappa shape index (κ3) is 3.18. The number of nitrogens with two attached hydrogens (primary N) is 1. The van der Waals surface area contributed by atoms with Crippen LogP contribution < -0.4 is 5.73 Å². The van der Waals surface area contributed by atoms with Gasteiger partial charge >= 0.3 is 0 Å². The number of benzene rings is 1. The molecule has 2 aromatic rings. The van der Waals surface area contributed by atoms with Gasteiger partial charge in [0.2, 0.25) is 0 Å². The zero-order chi connectivity index (χ0) is 12.1. The average molecular weight is 245 g/mol. The van der Waals surface area contributed by atoms with E-state index in [2.05, 4.69) is 48.7 Å². The number of thiophene rings is 1. The van der Waals surface area contributed by atoms with Crippen LogP contribution in [-0.4, -0.2) is 0 Å². The van der Waals surface area contributed by atoms with Gasteiger partial charge in [-0.15, -0.1) is 11.3 Å². The van der Waals surface area contributed by atoms with Crippen molar-refractivity contribution in [1.29, 1.82) is 0 Å². The van der Waals surface area contributed by atoms with E-state index in [9.17, 15) is 0 Å². The molecule has 1 heterocycles. The van der Waals surface area contributed by atoms with E-state index in [-0.39, 0.29) is 6.04 Å². The van der Waals surface area contributed by atoms with Gasteiger partial charge in [-0.3, -0.25) is 0 Å². The molecule has 2 rings (SSSR count). The molecule has 1 unspecified atom stereocenters. The fraction of sp³-hybridized carbons (Fsp3) is 0.333. The lowest BCUT2D eigenvalue weighted by molar-refractivity contribution is 0.649. The number of hydrogen-bond acceptors (Lipinski definition) is 2. The van der Waals surface area contributed by atoms with Gasteiger partial charge in [0, 0.05) is 10.9 Å². The Hall–Kier alpha value is -1.12. The summed E-state index contributed by atoms with van der Waals surface area (Å²) >= 11 is 1.81. The molecule has 0 saturated carbocycles. The van der Waals surface area contributed by atoms with Crippen LogP contribution in [0.1, 0.15) is 35.4 Å². The highest BCUT2D eigenvalue weighted by Gasteiger charge is 2.09. The summed E-state index contributed by atoms with van der Waals surface area (Å²) in [4.78, 5) is 1.43. The van der Waals surface area contributed by atoms with Crippen molar-refractivity contribution in [3.63, 3.8) is 0 Å². The van der Waals surface area contributed by atoms with Gasteiger partial charge in [0.1, 0.15) is 0 Å². The van der Waals surface area contributed by atoms with Crippen LogP contribution in [0.3, 0.4) is 0 Å². The molecule has 1 aromatic heterocycles. The summed E-state index contributed by atoms with van der Waals surface area (Å²) in [6.45, 7) is 2.19. The molecule has 0 radical (unpaired) electrons. The minimum Gasteiger partial charge on any atom is -0.324 e. The standard InChI is InChI=1S/C15H19NS/c1-2-12-6-3-4-8-14(12)15(16)10-9-13-7-5-11-17-13/h3-8,11,15H,2,9-10,16H2,1H3. The van der Waals surface area contributed by atoms with Crippen LogP contribution >= 0.6 is 11.3 Å². The Morgan fingerprint density at radius 3 is 2.71 bits per heavy atom. The summed E-state index contributed by atoms with van der Waals surface area (Å²) < 4.78 is 0. The minimum absolute atomic E-state index is 0.160. The van der Waals surface area contributed by atoms with Crippen molar-refractivity contribution in [2.75, 3.05) is 0 Å². The largest absolute Gasteiger partial charge is 0.324 e. The lowest BCUT2D eigenvalue weighted by Gasteiger charge is -2.15. The maximum absolute atomic E-state index is 6.29. The molecular weight excluding hydrogens is 226 g/mol. The van der Waals surface area contributed by atoms with E-state index in [0.29, 0.717) is 0 Å².